The Bertz CT molecular complexity index is 432. The topological polar surface area (TPSA) is 35.5 Å². The van der Waals surface area contributed by atoms with Gasteiger partial charge in [-0.2, -0.15) is 0 Å². The molecule has 0 radical (unpaired) electrons. The zero-order valence-electron chi connectivity index (χ0n) is 9.33. The van der Waals surface area contributed by atoms with E-state index in [-0.39, 0.29) is 24.6 Å². The molecular weight excluding hydrogens is 291 g/mol. The Balaban J connectivity index is 2.56. The van der Waals surface area contributed by atoms with Crippen LogP contribution in [0.1, 0.15) is 6.92 Å². The lowest BCUT2D eigenvalue weighted by atomic mass is 10.3. The molecule has 0 saturated heterocycles. The molecule has 17 heavy (non-hydrogen) atoms. The van der Waals surface area contributed by atoms with Crippen LogP contribution in [0.25, 0.3) is 0 Å². The SMILES string of the molecule is C=C(COc1ccc(F)cc1Br)C(=O)OCC. The average molecular weight is 303 g/mol. The van der Waals surface area contributed by atoms with Gasteiger partial charge in [-0.15, -0.1) is 0 Å². The first-order valence-corrected chi connectivity index (χ1v) is 5.76. The Labute approximate surface area is 107 Å². The van der Waals surface area contributed by atoms with Crippen molar-refractivity contribution in [3.63, 3.8) is 0 Å². The molecule has 0 fully saturated rings. The standard InChI is InChI=1S/C12H12BrFO3/c1-3-16-12(15)8(2)7-17-11-5-4-9(14)6-10(11)13/h4-6H,2-3,7H2,1H3. The molecule has 0 saturated carbocycles. The van der Waals surface area contributed by atoms with Crippen LogP contribution in [-0.4, -0.2) is 19.2 Å². The van der Waals surface area contributed by atoms with Crippen molar-refractivity contribution in [2.75, 3.05) is 13.2 Å². The summed E-state index contributed by atoms with van der Waals surface area (Å²) < 4.78 is 23.3. The van der Waals surface area contributed by atoms with Gasteiger partial charge in [0.05, 0.1) is 16.7 Å². The maximum Gasteiger partial charge on any atom is 0.336 e. The second-order valence-electron chi connectivity index (χ2n) is 3.19. The molecule has 0 aliphatic rings. The van der Waals surface area contributed by atoms with Crippen LogP contribution >= 0.6 is 15.9 Å². The van der Waals surface area contributed by atoms with Crippen molar-refractivity contribution >= 4 is 21.9 Å². The molecule has 0 amide bonds. The van der Waals surface area contributed by atoms with Gasteiger partial charge in [0, 0.05) is 0 Å². The summed E-state index contributed by atoms with van der Waals surface area (Å²) in [5.41, 5.74) is 0.211. The highest BCUT2D eigenvalue weighted by Gasteiger charge is 2.09. The minimum Gasteiger partial charge on any atom is -0.487 e. The second kappa shape index (κ2) is 6.39. The van der Waals surface area contributed by atoms with Crippen LogP contribution in [0, 0.1) is 5.82 Å². The lowest BCUT2D eigenvalue weighted by Crippen LogP contribution is -2.13. The Hall–Kier alpha value is -1.36. The second-order valence-corrected chi connectivity index (χ2v) is 4.04. The third-order valence-corrected chi connectivity index (χ3v) is 2.48. The van der Waals surface area contributed by atoms with Gasteiger partial charge in [0.2, 0.25) is 0 Å². The van der Waals surface area contributed by atoms with Gasteiger partial charge in [0.15, 0.2) is 0 Å². The predicted molar refractivity (Wildman–Crippen MR) is 65.4 cm³/mol. The summed E-state index contributed by atoms with van der Waals surface area (Å²) in [6.07, 6.45) is 0. The van der Waals surface area contributed by atoms with Gasteiger partial charge in [-0.25, -0.2) is 9.18 Å². The number of benzene rings is 1. The van der Waals surface area contributed by atoms with E-state index in [0.29, 0.717) is 10.2 Å². The summed E-state index contributed by atoms with van der Waals surface area (Å²) in [6, 6.07) is 4.02. The van der Waals surface area contributed by atoms with E-state index in [1.807, 2.05) is 0 Å². The van der Waals surface area contributed by atoms with Crippen LogP contribution < -0.4 is 4.74 Å². The van der Waals surface area contributed by atoms with Crippen LogP contribution in [0.3, 0.4) is 0 Å². The number of carbonyl (C=O) groups is 1. The first-order valence-electron chi connectivity index (χ1n) is 4.97. The highest BCUT2D eigenvalue weighted by molar-refractivity contribution is 9.10. The molecule has 0 spiro atoms. The molecule has 1 rings (SSSR count). The molecule has 0 aliphatic heterocycles. The average Bonchev–Trinajstić information content (AvgIpc) is 2.27. The fourth-order valence-electron chi connectivity index (χ4n) is 1.05. The zero-order chi connectivity index (χ0) is 12.8. The van der Waals surface area contributed by atoms with Crippen LogP contribution in [0.5, 0.6) is 5.75 Å². The predicted octanol–water partition coefficient (Wildman–Crippen LogP) is 3.09. The summed E-state index contributed by atoms with van der Waals surface area (Å²) in [7, 11) is 0. The minimum atomic E-state index is -0.495. The number of hydrogen-bond acceptors (Lipinski definition) is 3. The number of carbonyl (C=O) groups excluding carboxylic acids is 1. The van der Waals surface area contributed by atoms with E-state index in [4.69, 9.17) is 9.47 Å². The first-order chi connectivity index (χ1) is 8.04. The van der Waals surface area contributed by atoms with Gasteiger partial charge >= 0.3 is 5.97 Å². The highest BCUT2D eigenvalue weighted by Crippen LogP contribution is 2.25. The van der Waals surface area contributed by atoms with Crippen LogP contribution in [0.2, 0.25) is 0 Å². The molecule has 3 nitrogen and oxygen atoms in total. The van der Waals surface area contributed by atoms with E-state index in [1.165, 1.54) is 18.2 Å². The first kappa shape index (κ1) is 13.7. The monoisotopic (exact) mass is 302 g/mol. The molecule has 0 aliphatic carbocycles. The smallest absolute Gasteiger partial charge is 0.336 e. The molecular formula is C12H12BrFO3. The van der Waals surface area contributed by atoms with Crippen molar-refractivity contribution in [2.45, 2.75) is 6.92 Å². The van der Waals surface area contributed by atoms with Gasteiger partial charge in [-0.3, -0.25) is 0 Å². The maximum absolute atomic E-state index is 12.8. The Morgan fingerprint density at radius 1 is 1.53 bits per heavy atom. The summed E-state index contributed by atoms with van der Waals surface area (Å²) in [6.45, 7) is 5.55. The summed E-state index contributed by atoms with van der Waals surface area (Å²) in [5, 5.41) is 0. The zero-order valence-corrected chi connectivity index (χ0v) is 10.9. The molecule has 0 atom stereocenters. The van der Waals surface area contributed by atoms with E-state index >= 15 is 0 Å². The third-order valence-electron chi connectivity index (χ3n) is 1.86. The molecule has 92 valence electrons. The summed E-state index contributed by atoms with van der Waals surface area (Å²) >= 11 is 3.15. The van der Waals surface area contributed by atoms with Crippen LogP contribution in [0.4, 0.5) is 4.39 Å². The van der Waals surface area contributed by atoms with E-state index in [1.54, 1.807) is 6.92 Å². The molecule has 1 aromatic carbocycles. The van der Waals surface area contributed by atoms with Crippen LogP contribution in [-0.2, 0) is 9.53 Å². The molecule has 0 N–H and O–H groups in total. The van der Waals surface area contributed by atoms with Crippen molar-refractivity contribution in [3.8, 4) is 5.75 Å². The van der Waals surface area contributed by atoms with Crippen molar-refractivity contribution in [3.05, 3.63) is 40.6 Å². The Morgan fingerprint density at radius 2 is 2.24 bits per heavy atom. The quantitative estimate of drug-likeness (QED) is 0.619. The number of esters is 1. The summed E-state index contributed by atoms with van der Waals surface area (Å²) in [4.78, 5) is 11.2. The van der Waals surface area contributed by atoms with E-state index < -0.39 is 5.97 Å². The van der Waals surface area contributed by atoms with Gasteiger partial charge < -0.3 is 9.47 Å². The van der Waals surface area contributed by atoms with E-state index in [2.05, 4.69) is 22.5 Å². The molecule has 0 unspecified atom stereocenters. The fraction of sp³-hybridized carbons (Fsp3) is 0.250. The molecule has 1 aromatic rings. The summed E-state index contributed by atoms with van der Waals surface area (Å²) in [5.74, 6) is -0.420. The van der Waals surface area contributed by atoms with Crippen LogP contribution in [0.15, 0.2) is 34.8 Å². The normalized spacial score (nSPS) is 9.82. The Morgan fingerprint density at radius 3 is 2.82 bits per heavy atom. The van der Waals surface area contributed by atoms with Gasteiger partial charge in [-0.1, -0.05) is 6.58 Å². The van der Waals surface area contributed by atoms with E-state index in [9.17, 15) is 9.18 Å². The van der Waals surface area contributed by atoms with E-state index in [0.717, 1.165) is 0 Å². The van der Waals surface area contributed by atoms with Crippen molar-refractivity contribution < 1.29 is 18.7 Å². The fourth-order valence-corrected chi connectivity index (χ4v) is 1.51. The van der Waals surface area contributed by atoms with Gasteiger partial charge in [0.25, 0.3) is 0 Å². The molecule has 0 bridgehead atoms. The van der Waals surface area contributed by atoms with Crippen molar-refractivity contribution in [2.24, 2.45) is 0 Å². The van der Waals surface area contributed by atoms with Gasteiger partial charge in [0.1, 0.15) is 18.2 Å². The largest absolute Gasteiger partial charge is 0.487 e. The van der Waals surface area contributed by atoms with Gasteiger partial charge in [-0.05, 0) is 41.1 Å². The number of halogens is 2. The molecule has 5 heteroatoms. The number of hydrogen-bond donors (Lipinski definition) is 0. The Kier molecular flexibility index (Phi) is 5.15. The number of ether oxygens (including phenoxy) is 2. The number of rotatable bonds is 5. The molecule has 0 aromatic heterocycles. The minimum absolute atomic E-state index is 0.00304. The lowest BCUT2D eigenvalue weighted by molar-refractivity contribution is -0.138. The van der Waals surface area contributed by atoms with Crippen molar-refractivity contribution in [1.82, 2.24) is 0 Å². The lowest BCUT2D eigenvalue weighted by Gasteiger charge is -2.09. The highest BCUT2D eigenvalue weighted by atomic mass is 79.9. The van der Waals surface area contributed by atoms with Crippen molar-refractivity contribution in [1.29, 1.82) is 0 Å². The maximum atomic E-state index is 12.8. The third kappa shape index (κ3) is 4.19. The molecule has 0 heterocycles.